The third kappa shape index (κ3) is 4.68. The summed E-state index contributed by atoms with van der Waals surface area (Å²) >= 11 is 0. The molecule has 2 N–H and O–H groups in total. The van der Waals surface area contributed by atoms with E-state index in [4.69, 9.17) is 0 Å². The summed E-state index contributed by atoms with van der Waals surface area (Å²) in [7, 11) is 0. The van der Waals surface area contributed by atoms with Gasteiger partial charge in [-0.25, -0.2) is 0 Å². The Morgan fingerprint density at radius 3 is 2.33 bits per heavy atom. The van der Waals surface area contributed by atoms with Crippen molar-refractivity contribution in [2.45, 2.75) is 45.2 Å². The van der Waals surface area contributed by atoms with Gasteiger partial charge in [0.2, 0.25) is 0 Å². The Balaban J connectivity index is 1.59. The lowest BCUT2D eigenvalue weighted by Crippen LogP contribution is -3.13. The second-order valence-electron chi connectivity index (χ2n) is 7.10. The number of nitrogens with one attached hydrogen (secondary N) is 2. The Bertz CT molecular complexity index is 660. The average Bonchev–Trinajstić information content (AvgIpc) is 3.40. The Morgan fingerprint density at radius 1 is 1.08 bits per heavy atom. The first-order chi connectivity index (χ1) is 11.6. The largest absolute Gasteiger partial charge is 0.321 e. The van der Waals surface area contributed by atoms with Crippen molar-refractivity contribution in [3.63, 3.8) is 0 Å². The molecule has 3 rings (SSSR count). The van der Waals surface area contributed by atoms with Crippen molar-refractivity contribution in [3.05, 3.63) is 65.7 Å². The lowest BCUT2D eigenvalue weighted by Gasteiger charge is -2.19. The first-order valence-corrected chi connectivity index (χ1v) is 8.90. The zero-order chi connectivity index (χ0) is 16.9. The summed E-state index contributed by atoms with van der Waals surface area (Å²) in [6, 6.07) is 19.2. The number of carbonyl (C=O) groups is 1. The van der Waals surface area contributed by atoms with E-state index in [2.05, 4.69) is 43.4 Å². The molecule has 1 aliphatic carbocycles. The molecule has 0 bridgehead atoms. The molecular weight excluding hydrogens is 296 g/mol. The highest BCUT2D eigenvalue weighted by atomic mass is 16.2. The lowest BCUT2D eigenvalue weighted by atomic mass is 10.0. The van der Waals surface area contributed by atoms with Crippen LogP contribution in [0.5, 0.6) is 0 Å². The zero-order valence-electron chi connectivity index (χ0n) is 14.6. The fourth-order valence-electron chi connectivity index (χ4n) is 3.06. The van der Waals surface area contributed by atoms with Gasteiger partial charge in [-0.3, -0.25) is 4.79 Å². The van der Waals surface area contributed by atoms with Gasteiger partial charge in [-0.05, 0) is 23.6 Å². The molecule has 0 aliphatic heterocycles. The van der Waals surface area contributed by atoms with Crippen molar-refractivity contribution in [1.82, 2.24) is 0 Å². The number of para-hydroxylation sites is 1. The summed E-state index contributed by atoms with van der Waals surface area (Å²) in [4.78, 5) is 13.7. The molecule has 24 heavy (non-hydrogen) atoms. The highest BCUT2D eigenvalue weighted by molar-refractivity contribution is 5.91. The monoisotopic (exact) mass is 323 g/mol. The molecule has 1 amide bonds. The van der Waals surface area contributed by atoms with Gasteiger partial charge in [0.25, 0.3) is 5.91 Å². The van der Waals surface area contributed by atoms with E-state index < -0.39 is 0 Å². The summed E-state index contributed by atoms with van der Waals surface area (Å²) < 4.78 is 0. The normalized spacial score (nSPS) is 15.3. The van der Waals surface area contributed by atoms with Gasteiger partial charge in [-0.15, -0.1) is 0 Å². The maximum atomic E-state index is 12.4. The van der Waals surface area contributed by atoms with Crippen molar-refractivity contribution in [2.24, 2.45) is 0 Å². The maximum Gasteiger partial charge on any atom is 0.279 e. The first kappa shape index (κ1) is 16.7. The van der Waals surface area contributed by atoms with E-state index in [1.165, 1.54) is 28.9 Å². The number of amides is 1. The number of hydrogen-bond donors (Lipinski definition) is 2. The minimum Gasteiger partial charge on any atom is -0.321 e. The quantitative estimate of drug-likeness (QED) is 0.807. The molecule has 1 aliphatic rings. The predicted molar refractivity (Wildman–Crippen MR) is 98.2 cm³/mol. The number of carbonyl (C=O) groups excluding carboxylic acids is 1. The van der Waals surface area contributed by atoms with Crippen LogP contribution in [0, 0.1) is 0 Å². The smallest absolute Gasteiger partial charge is 0.279 e. The van der Waals surface area contributed by atoms with Gasteiger partial charge in [0.15, 0.2) is 6.54 Å². The van der Waals surface area contributed by atoms with Crippen molar-refractivity contribution in [3.8, 4) is 0 Å². The molecule has 1 saturated carbocycles. The second-order valence-corrected chi connectivity index (χ2v) is 7.10. The van der Waals surface area contributed by atoms with Crippen molar-refractivity contribution in [1.29, 1.82) is 0 Å². The summed E-state index contributed by atoms with van der Waals surface area (Å²) in [6.45, 7) is 5.88. The average molecular weight is 323 g/mol. The topological polar surface area (TPSA) is 33.5 Å². The van der Waals surface area contributed by atoms with Crippen LogP contribution in [-0.4, -0.2) is 18.5 Å². The van der Waals surface area contributed by atoms with E-state index in [0.717, 1.165) is 12.2 Å². The van der Waals surface area contributed by atoms with Crippen molar-refractivity contribution < 1.29 is 9.69 Å². The van der Waals surface area contributed by atoms with Crippen LogP contribution in [0.25, 0.3) is 0 Å². The standard InChI is InChI=1S/C21H26N2O/c1-16(2)18-10-8-17(9-11-18)14-23(20-12-13-20)15-21(24)22-19-6-4-3-5-7-19/h3-11,16,20H,12-15H2,1-2H3,(H,22,24)/p+1. The van der Waals surface area contributed by atoms with E-state index in [0.29, 0.717) is 18.5 Å². The van der Waals surface area contributed by atoms with Crippen LogP contribution in [0.4, 0.5) is 5.69 Å². The molecule has 1 fully saturated rings. The summed E-state index contributed by atoms with van der Waals surface area (Å²) in [5, 5.41) is 3.01. The van der Waals surface area contributed by atoms with Crippen molar-refractivity contribution in [2.75, 3.05) is 11.9 Å². The predicted octanol–water partition coefficient (Wildman–Crippen LogP) is 3.00. The van der Waals surface area contributed by atoms with E-state index >= 15 is 0 Å². The van der Waals surface area contributed by atoms with E-state index in [9.17, 15) is 4.79 Å². The van der Waals surface area contributed by atoms with Crippen LogP contribution in [0.2, 0.25) is 0 Å². The van der Waals surface area contributed by atoms with Crippen LogP contribution >= 0.6 is 0 Å². The number of hydrogen-bond acceptors (Lipinski definition) is 1. The van der Waals surface area contributed by atoms with E-state index in [-0.39, 0.29) is 5.91 Å². The summed E-state index contributed by atoms with van der Waals surface area (Å²) in [6.07, 6.45) is 2.47. The minimum atomic E-state index is 0.0990. The number of anilines is 1. The van der Waals surface area contributed by atoms with Crippen LogP contribution in [0.1, 0.15) is 43.7 Å². The summed E-state index contributed by atoms with van der Waals surface area (Å²) in [5.41, 5.74) is 3.56. The minimum absolute atomic E-state index is 0.0990. The molecule has 3 heteroatoms. The second kappa shape index (κ2) is 7.63. The molecule has 1 unspecified atom stereocenters. The molecule has 0 heterocycles. The molecule has 1 atom stereocenters. The Morgan fingerprint density at radius 2 is 1.75 bits per heavy atom. The number of benzene rings is 2. The Hall–Kier alpha value is -2.13. The molecular formula is C21H27N2O+. The first-order valence-electron chi connectivity index (χ1n) is 8.90. The molecule has 0 spiro atoms. The molecule has 2 aromatic carbocycles. The Labute approximate surface area is 144 Å². The Kier molecular flexibility index (Phi) is 5.31. The zero-order valence-corrected chi connectivity index (χ0v) is 14.6. The molecule has 0 saturated heterocycles. The molecule has 0 aromatic heterocycles. The van der Waals surface area contributed by atoms with Gasteiger partial charge in [-0.2, -0.15) is 0 Å². The van der Waals surface area contributed by atoms with E-state index in [1.807, 2.05) is 30.3 Å². The van der Waals surface area contributed by atoms with Gasteiger partial charge < -0.3 is 10.2 Å². The van der Waals surface area contributed by atoms with Gasteiger partial charge in [0.05, 0.1) is 6.04 Å². The fraction of sp³-hybridized carbons (Fsp3) is 0.381. The third-order valence-electron chi connectivity index (χ3n) is 4.68. The highest BCUT2D eigenvalue weighted by Gasteiger charge is 2.34. The number of quaternary nitrogens is 1. The van der Waals surface area contributed by atoms with E-state index in [1.54, 1.807) is 0 Å². The maximum absolute atomic E-state index is 12.4. The lowest BCUT2D eigenvalue weighted by molar-refractivity contribution is -0.916. The molecule has 126 valence electrons. The van der Waals surface area contributed by atoms with Gasteiger partial charge in [0.1, 0.15) is 6.54 Å². The van der Waals surface area contributed by atoms with Crippen LogP contribution in [-0.2, 0) is 11.3 Å². The molecule has 2 aromatic rings. The SMILES string of the molecule is CC(C)c1ccc(C[NH+](CC(=O)Nc2ccccc2)C2CC2)cc1. The van der Waals surface area contributed by atoms with Gasteiger partial charge in [0, 0.05) is 24.1 Å². The van der Waals surface area contributed by atoms with Crippen LogP contribution < -0.4 is 10.2 Å². The molecule has 0 radical (unpaired) electrons. The van der Waals surface area contributed by atoms with Crippen LogP contribution in [0.15, 0.2) is 54.6 Å². The third-order valence-corrected chi connectivity index (χ3v) is 4.68. The molecule has 3 nitrogen and oxygen atoms in total. The fourth-order valence-corrected chi connectivity index (χ4v) is 3.06. The van der Waals surface area contributed by atoms with Crippen LogP contribution in [0.3, 0.4) is 0 Å². The summed E-state index contributed by atoms with van der Waals surface area (Å²) in [5.74, 6) is 0.657. The van der Waals surface area contributed by atoms with Gasteiger partial charge in [-0.1, -0.05) is 56.3 Å². The van der Waals surface area contributed by atoms with Gasteiger partial charge >= 0.3 is 0 Å². The number of rotatable bonds is 7. The highest BCUT2D eigenvalue weighted by Crippen LogP contribution is 2.17. The van der Waals surface area contributed by atoms with Crippen molar-refractivity contribution >= 4 is 11.6 Å².